The molecule has 1 atom stereocenters. The highest BCUT2D eigenvalue weighted by Gasteiger charge is 2.39. The summed E-state index contributed by atoms with van der Waals surface area (Å²) in [6.07, 6.45) is 6.14. The van der Waals surface area contributed by atoms with Crippen LogP contribution in [0.2, 0.25) is 0 Å². The Morgan fingerprint density at radius 3 is 2.58 bits per heavy atom. The second kappa shape index (κ2) is 9.24. The number of carbonyl (C=O) groups is 2. The molecule has 9 heteroatoms. The summed E-state index contributed by atoms with van der Waals surface area (Å²) in [5.41, 5.74) is 1.36. The Kier molecular flexibility index (Phi) is 6.62. The first kappa shape index (κ1) is 22.2. The number of rotatable bonds is 7. The summed E-state index contributed by atoms with van der Waals surface area (Å²) in [4.78, 5) is 27.5. The minimum atomic E-state index is -3.12. The first-order valence-corrected chi connectivity index (χ1v) is 13.8. The molecule has 1 unspecified atom stereocenters. The fraction of sp³-hybridized carbons (Fsp3) is 0.545. The average Bonchev–Trinajstić information content (AvgIpc) is 3.47. The summed E-state index contributed by atoms with van der Waals surface area (Å²) in [6.45, 7) is -0.415. The summed E-state index contributed by atoms with van der Waals surface area (Å²) in [6, 6.07) is 7.09. The summed E-state index contributed by atoms with van der Waals surface area (Å²) in [5.74, 6) is -0.192. The molecule has 1 saturated heterocycles. The van der Waals surface area contributed by atoms with E-state index in [4.69, 9.17) is 9.15 Å². The van der Waals surface area contributed by atoms with E-state index in [2.05, 4.69) is 0 Å². The molecule has 1 aliphatic heterocycles. The molecule has 2 heterocycles. The molecule has 1 aromatic carbocycles. The SMILES string of the molecule is CSCc1c(C(=O)OCC(=O)N(C2CCCC2)C2CCS(=O)(=O)C2)oc2ccccc12. The third-order valence-electron chi connectivity index (χ3n) is 6.11. The van der Waals surface area contributed by atoms with Gasteiger partial charge in [-0.2, -0.15) is 11.8 Å². The highest BCUT2D eigenvalue weighted by atomic mass is 32.2. The van der Waals surface area contributed by atoms with Crippen LogP contribution in [0.15, 0.2) is 28.7 Å². The van der Waals surface area contributed by atoms with Crippen LogP contribution in [-0.2, 0) is 25.1 Å². The van der Waals surface area contributed by atoms with Crippen molar-refractivity contribution in [1.82, 2.24) is 4.90 Å². The van der Waals surface area contributed by atoms with Gasteiger partial charge < -0.3 is 14.1 Å². The second-order valence-corrected chi connectivity index (χ2v) is 11.3. The summed E-state index contributed by atoms with van der Waals surface area (Å²) >= 11 is 1.57. The number of hydrogen-bond donors (Lipinski definition) is 0. The highest BCUT2D eigenvalue weighted by molar-refractivity contribution is 7.97. The van der Waals surface area contributed by atoms with Crippen molar-refractivity contribution >= 4 is 44.4 Å². The van der Waals surface area contributed by atoms with Crippen LogP contribution in [0.3, 0.4) is 0 Å². The van der Waals surface area contributed by atoms with Gasteiger partial charge in [0.1, 0.15) is 5.58 Å². The molecule has 2 aliphatic rings. The number of ether oxygens (including phenoxy) is 1. The average molecular weight is 466 g/mol. The van der Waals surface area contributed by atoms with Crippen LogP contribution in [0.1, 0.15) is 48.2 Å². The molecule has 1 saturated carbocycles. The number of nitrogens with zero attached hydrogens (tertiary/aromatic N) is 1. The van der Waals surface area contributed by atoms with E-state index in [1.165, 1.54) is 0 Å². The van der Waals surface area contributed by atoms with Crippen LogP contribution in [-0.4, -0.2) is 61.6 Å². The molecule has 2 fully saturated rings. The van der Waals surface area contributed by atoms with Gasteiger partial charge in [0, 0.05) is 28.8 Å². The largest absolute Gasteiger partial charge is 0.450 e. The Hall–Kier alpha value is -2.00. The summed E-state index contributed by atoms with van der Waals surface area (Å²) in [7, 11) is -3.12. The van der Waals surface area contributed by atoms with Gasteiger partial charge in [0.15, 0.2) is 16.4 Å². The summed E-state index contributed by atoms with van der Waals surface area (Å²) < 4.78 is 35.1. The van der Waals surface area contributed by atoms with Gasteiger partial charge >= 0.3 is 5.97 Å². The smallest absolute Gasteiger partial charge is 0.375 e. The maximum Gasteiger partial charge on any atom is 0.375 e. The monoisotopic (exact) mass is 465 g/mol. The van der Waals surface area contributed by atoms with Crippen molar-refractivity contribution in [2.75, 3.05) is 24.4 Å². The van der Waals surface area contributed by atoms with Gasteiger partial charge in [-0.3, -0.25) is 4.79 Å². The Morgan fingerprint density at radius 2 is 1.90 bits per heavy atom. The minimum absolute atomic E-state index is 0.00929. The van der Waals surface area contributed by atoms with E-state index < -0.39 is 22.4 Å². The van der Waals surface area contributed by atoms with Gasteiger partial charge in [0.05, 0.1) is 11.5 Å². The summed E-state index contributed by atoms with van der Waals surface area (Å²) in [5, 5.41) is 0.860. The van der Waals surface area contributed by atoms with Crippen molar-refractivity contribution < 1.29 is 27.2 Å². The molecule has 0 radical (unpaired) electrons. The highest BCUT2D eigenvalue weighted by Crippen LogP contribution is 2.31. The molecular weight excluding hydrogens is 438 g/mol. The predicted octanol–water partition coefficient (Wildman–Crippen LogP) is 3.41. The first-order valence-electron chi connectivity index (χ1n) is 10.6. The van der Waals surface area contributed by atoms with Gasteiger partial charge in [-0.25, -0.2) is 13.2 Å². The van der Waals surface area contributed by atoms with Gasteiger partial charge in [0.2, 0.25) is 5.76 Å². The zero-order valence-corrected chi connectivity index (χ0v) is 19.2. The molecule has 7 nitrogen and oxygen atoms in total. The molecule has 2 aromatic rings. The lowest BCUT2D eigenvalue weighted by atomic mass is 10.1. The molecule has 1 amide bonds. The number of carbonyl (C=O) groups excluding carboxylic acids is 2. The van der Waals surface area contributed by atoms with Crippen molar-refractivity contribution in [3.63, 3.8) is 0 Å². The van der Waals surface area contributed by atoms with E-state index in [0.717, 1.165) is 36.6 Å². The lowest BCUT2D eigenvalue weighted by Crippen LogP contribution is -2.48. The van der Waals surface area contributed by atoms with Crippen LogP contribution in [0.5, 0.6) is 0 Å². The fourth-order valence-electron chi connectivity index (χ4n) is 4.70. The van der Waals surface area contributed by atoms with E-state index in [9.17, 15) is 18.0 Å². The molecule has 1 aromatic heterocycles. The molecule has 0 spiro atoms. The Balaban J connectivity index is 1.49. The standard InChI is InChI=1S/C22H27NO6S2/c1-30-13-18-17-8-4-5-9-19(17)29-21(18)22(25)28-12-20(24)23(15-6-2-3-7-15)16-10-11-31(26,27)14-16/h4-5,8-9,15-16H,2-3,6-7,10-14H2,1H3. The van der Waals surface area contributed by atoms with Crippen molar-refractivity contribution in [2.45, 2.75) is 49.9 Å². The fourth-order valence-corrected chi connectivity index (χ4v) is 6.99. The first-order chi connectivity index (χ1) is 14.9. The second-order valence-electron chi connectivity index (χ2n) is 8.21. The molecule has 168 valence electrons. The van der Waals surface area contributed by atoms with Crippen molar-refractivity contribution in [2.24, 2.45) is 0 Å². The van der Waals surface area contributed by atoms with Crippen LogP contribution in [0.25, 0.3) is 11.0 Å². The van der Waals surface area contributed by atoms with Gasteiger partial charge in [0.25, 0.3) is 5.91 Å². The van der Waals surface area contributed by atoms with Crippen molar-refractivity contribution in [1.29, 1.82) is 0 Å². The van der Waals surface area contributed by atoms with Gasteiger partial charge in [-0.1, -0.05) is 31.0 Å². The predicted molar refractivity (Wildman–Crippen MR) is 120 cm³/mol. The van der Waals surface area contributed by atoms with Crippen LogP contribution in [0.4, 0.5) is 0 Å². The van der Waals surface area contributed by atoms with E-state index in [1.807, 2.05) is 24.5 Å². The number of fused-ring (bicyclic) bond motifs is 1. The number of benzene rings is 1. The van der Waals surface area contributed by atoms with E-state index in [-0.39, 0.29) is 35.3 Å². The lowest BCUT2D eigenvalue weighted by Gasteiger charge is -2.33. The number of amides is 1. The topological polar surface area (TPSA) is 93.9 Å². The number of thioether (sulfide) groups is 1. The zero-order valence-electron chi connectivity index (χ0n) is 17.5. The van der Waals surface area contributed by atoms with E-state index in [1.54, 1.807) is 22.7 Å². The Labute approximate surface area is 186 Å². The Bertz CT molecular complexity index is 1070. The number of para-hydroxylation sites is 1. The van der Waals surface area contributed by atoms with Crippen LogP contribution < -0.4 is 0 Å². The molecule has 31 heavy (non-hydrogen) atoms. The number of sulfone groups is 1. The van der Waals surface area contributed by atoms with Crippen molar-refractivity contribution in [3.05, 3.63) is 35.6 Å². The quantitative estimate of drug-likeness (QED) is 0.579. The van der Waals surface area contributed by atoms with E-state index >= 15 is 0 Å². The molecule has 4 rings (SSSR count). The van der Waals surface area contributed by atoms with Crippen LogP contribution >= 0.6 is 11.8 Å². The maximum atomic E-state index is 13.1. The maximum absolute atomic E-state index is 13.1. The molecule has 0 N–H and O–H groups in total. The number of hydrogen-bond acceptors (Lipinski definition) is 7. The van der Waals surface area contributed by atoms with Gasteiger partial charge in [-0.15, -0.1) is 0 Å². The number of esters is 1. The third kappa shape index (κ3) is 4.77. The molecular formula is C22H27NO6S2. The van der Waals surface area contributed by atoms with E-state index in [0.29, 0.717) is 17.8 Å². The van der Waals surface area contributed by atoms with Gasteiger partial charge in [-0.05, 0) is 31.6 Å². The normalized spacial score (nSPS) is 20.9. The minimum Gasteiger partial charge on any atom is -0.450 e. The Morgan fingerprint density at radius 1 is 1.16 bits per heavy atom. The lowest BCUT2D eigenvalue weighted by molar-refractivity contribution is -0.139. The zero-order chi connectivity index (χ0) is 22.0. The number of furan rings is 1. The van der Waals surface area contributed by atoms with Crippen LogP contribution in [0, 0.1) is 0 Å². The third-order valence-corrected chi connectivity index (χ3v) is 8.43. The molecule has 1 aliphatic carbocycles. The van der Waals surface area contributed by atoms with Crippen molar-refractivity contribution in [3.8, 4) is 0 Å². The molecule has 0 bridgehead atoms.